The summed E-state index contributed by atoms with van der Waals surface area (Å²) in [5, 5.41) is 0. The van der Waals surface area contributed by atoms with Crippen LogP contribution in [0.3, 0.4) is 0 Å². The molecule has 0 spiro atoms. The van der Waals surface area contributed by atoms with Crippen molar-refractivity contribution >= 4 is 13.5 Å². The average Bonchev–Trinajstić information content (AvgIpc) is 2.26. The Morgan fingerprint density at radius 1 is 1.33 bits per heavy atom. The fourth-order valence-corrected chi connectivity index (χ4v) is 2.44. The third-order valence-electron chi connectivity index (χ3n) is 3.02. The van der Waals surface area contributed by atoms with Gasteiger partial charge in [0.15, 0.2) is 0 Å². The molecule has 1 rings (SSSR count). The van der Waals surface area contributed by atoms with Crippen molar-refractivity contribution in [1.82, 2.24) is 0 Å². The van der Waals surface area contributed by atoms with E-state index in [4.69, 9.17) is 0 Å². The van der Waals surface area contributed by atoms with Gasteiger partial charge in [-0.05, 0) is 36.5 Å². The summed E-state index contributed by atoms with van der Waals surface area (Å²) >= 11 is 0. The van der Waals surface area contributed by atoms with E-state index in [1.807, 2.05) is 0 Å². The van der Waals surface area contributed by atoms with Crippen LogP contribution in [0.1, 0.15) is 25.0 Å². The maximum Gasteiger partial charge on any atom is 0.000865 e. The summed E-state index contributed by atoms with van der Waals surface area (Å²) in [6.07, 6.45) is 1.09. The number of rotatable bonds is 4. The third kappa shape index (κ3) is 2.92. The number of hydrogen-bond donors (Lipinski definition) is 0. The average molecular weight is 220 g/mol. The van der Waals surface area contributed by atoms with Crippen molar-refractivity contribution in [3.63, 3.8) is 0 Å². The third-order valence-corrected chi connectivity index (χ3v) is 4.88. The van der Waals surface area contributed by atoms with Crippen LogP contribution in [0.2, 0.25) is 0 Å². The van der Waals surface area contributed by atoms with Crippen LogP contribution in [0, 0.1) is 0 Å². The highest BCUT2D eigenvalue weighted by Crippen LogP contribution is 2.40. The summed E-state index contributed by atoms with van der Waals surface area (Å²) in [6.45, 7) is 13.4. The molecule has 0 fully saturated rings. The van der Waals surface area contributed by atoms with Crippen molar-refractivity contribution in [1.29, 1.82) is 0 Å². The highest BCUT2D eigenvalue weighted by atomic mass is 31.1. The molecular formula is C14H21P. The van der Waals surface area contributed by atoms with Crippen LogP contribution in [-0.2, 0) is 6.42 Å². The lowest BCUT2D eigenvalue weighted by atomic mass is 9.97. The molecular weight excluding hydrogens is 199 g/mol. The van der Waals surface area contributed by atoms with Gasteiger partial charge in [-0.2, -0.15) is 0 Å². The van der Waals surface area contributed by atoms with Gasteiger partial charge in [-0.15, -0.1) is 7.92 Å². The monoisotopic (exact) mass is 220 g/mol. The minimum Gasteiger partial charge on any atom is -0.106 e. The first kappa shape index (κ1) is 12.5. The van der Waals surface area contributed by atoms with Crippen LogP contribution in [0.4, 0.5) is 0 Å². The molecule has 0 aliphatic carbocycles. The highest BCUT2D eigenvalue weighted by Gasteiger charge is 2.13. The Morgan fingerprint density at radius 3 is 2.47 bits per heavy atom. The standard InChI is InChI=1S/C14H21P/c1-6-13-9-7-8-10-14(13)11(2)12(3)15(4)5/h7-10,12H,2,6H2,1,3-5H3. The second kappa shape index (κ2) is 5.47. The summed E-state index contributed by atoms with van der Waals surface area (Å²) < 4.78 is 0. The Bertz CT molecular complexity index is 339. The lowest BCUT2D eigenvalue weighted by molar-refractivity contribution is 1.11. The van der Waals surface area contributed by atoms with Crippen molar-refractivity contribution < 1.29 is 0 Å². The van der Waals surface area contributed by atoms with Crippen molar-refractivity contribution in [3.8, 4) is 0 Å². The van der Waals surface area contributed by atoms with Gasteiger partial charge in [-0.3, -0.25) is 0 Å². The summed E-state index contributed by atoms with van der Waals surface area (Å²) in [7, 11) is 0.0584. The molecule has 0 bridgehead atoms. The molecule has 0 saturated heterocycles. The SMILES string of the molecule is C=C(c1ccccc1CC)C(C)P(C)C. The van der Waals surface area contributed by atoms with Crippen molar-refractivity contribution in [3.05, 3.63) is 42.0 Å². The summed E-state index contributed by atoms with van der Waals surface area (Å²) in [5.74, 6) is 0. The molecule has 0 aromatic heterocycles. The van der Waals surface area contributed by atoms with Crippen LogP contribution in [-0.4, -0.2) is 19.0 Å². The van der Waals surface area contributed by atoms with E-state index in [9.17, 15) is 0 Å². The number of allylic oxidation sites excluding steroid dienone is 1. The first-order valence-electron chi connectivity index (χ1n) is 5.51. The van der Waals surface area contributed by atoms with Crippen LogP contribution < -0.4 is 0 Å². The van der Waals surface area contributed by atoms with E-state index in [1.165, 1.54) is 16.7 Å². The summed E-state index contributed by atoms with van der Waals surface area (Å²) in [5.41, 5.74) is 4.71. The summed E-state index contributed by atoms with van der Waals surface area (Å²) in [4.78, 5) is 0. The van der Waals surface area contributed by atoms with Gasteiger partial charge >= 0.3 is 0 Å². The number of hydrogen-bond acceptors (Lipinski definition) is 0. The van der Waals surface area contributed by atoms with Gasteiger partial charge in [-0.25, -0.2) is 0 Å². The molecule has 1 heteroatoms. The maximum atomic E-state index is 4.27. The zero-order chi connectivity index (χ0) is 11.4. The quantitative estimate of drug-likeness (QED) is 0.660. The van der Waals surface area contributed by atoms with Gasteiger partial charge in [0.1, 0.15) is 0 Å². The highest BCUT2D eigenvalue weighted by molar-refractivity contribution is 7.57. The molecule has 1 aromatic rings. The van der Waals surface area contributed by atoms with Crippen molar-refractivity contribution in [2.75, 3.05) is 13.3 Å². The number of aryl methyl sites for hydroxylation is 1. The van der Waals surface area contributed by atoms with Crippen LogP contribution >= 0.6 is 7.92 Å². The van der Waals surface area contributed by atoms with E-state index in [0.717, 1.165) is 6.42 Å². The molecule has 1 aromatic carbocycles. The first-order chi connectivity index (χ1) is 7.07. The van der Waals surface area contributed by atoms with E-state index in [0.29, 0.717) is 5.66 Å². The second-order valence-corrected chi connectivity index (χ2v) is 6.88. The lowest BCUT2D eigenvalue weighted by Crippen LogP contribution is -2.03. The van der Waals surface area contributed by atoms with Crippen LogP contribution in [0.5, 0.6) is 0 Å². The van der Waals surface area contributed by atoms with Gasteiger partial charge < -0.3 is 0 Å². The molecule has 0 amide bonds. The zero-order valence-electron chi connectivity index (χ0n) is 10.2. The molecule has 0 heterocycles. The lowest BCUT2D eigenvalue weighted by Gasteiger charge is -2.21. The Morgan fingerprint density at radius 2 is 1.93 bits per heavy atom. The Balaban J connectivity index is 3.00. The normalized spacial score (nSPS) is 12.9. The fourth-order valence-electron chi connectivity index (χ4n) is 1.68. The Hall–Kier alpha value is -0.610. The van der Waals surface area contributed by atoms with E-state index in [2.05, 4.69) is 58.0 Å². The van der Waals surface area contributed by atoms with Crippen LogP contribution in [0.25, 0.3) is 5.57 Å². The number of benzene rings is 1. The molecule has 1 atom stereocenters. The minimum absolute atomic E-state index is 0.0584. The van der Waals surface area contributed by atoms with Gasteiger partial charge in [0.2, 0.25) is 0 Å². The first-order valence-corrected chi connectivity index (χ1v) is 7.82. The molecule has 0 saturated carbocycles. The van der Waals surface area contributed by atoms with Crippen molar-refractivity contribution in [2.45, 2.75) is 25.9 Å². The predicted octanol–water partition coefficient (Wildman–Crippen LogP) is 4.39. The van der Waals surface area contributed by atoms with Crippen LogP contribution in [0.15, 0.2) is 30.8 Å². The van der Waals surface area contributed by atoms with Gasteiger partial charge in [0.05, 0.1) is 0 Å². The Kier molecular flexibility index (Phi) is 4.54. The molecule has 0 aliphatic rings. The largest absolute Gasteiger partial charge is 0.106 e. The van der Waals surface area contributed by atoms with Gasteiger partial charge in [0.25, 0.3) is 0 Å². The molecule has 0 N–H and O–H groups in total. The van der Waals surface area contributed by atoms with E-state index in [-0.39, 0.29) is 7.92 Å². The predicted molar refractivity (Wildman–Crippen MR) is 73.1 cm³/mol. The van der Waals surface area contributed by atoms with E-state index < -0.39 is 0 Å². The van der Waals surface area contributed by atoms with Gasteiger partial charge in [-0.1, -0.05) is 44.7 Å². The topological polar surface area (TPSA) is 0 Å². The smallest absolute Gasteiger partial charge is 0.000865 e. The minimum atomic E-state index is 0.0584. The van der Waals surface area contributed by atoms with Crippen molar-refractivity contribution in [2.24, 2.45) is 0 Å². The molecule has 82 valence electrons. The molecule has 0 nitrogen and oxygen atoms in total. The molecule has 0 aliphatic heterocycles. The zero-order valence-corrected chi connectivity index (χ0v) is 11.1. The summed E-state index contributed by atoms with van der Waals surface area (Å²) in [6, 6.07) is 8.64. The molecule has 15 heavy (non-hydrogen) atoms. The van der Waals surface area contributed by atoms with Gasteiger partial charge in [0, 0.05) is 5.66 Å². The molecule has 1 unspecified atom stereocenters. The fraction of sp³-hybridized carbons (Fsp3) is 0.429. The molecule has 0 radical (unpaired) electrons. The Labute approximate surface area is 95.2 Å². The van der Waals surface area contributed by atoms with E-state index >= 15 is 0 Å². The van der Waals surface area contributed by atoms with E-state index in [1.54, 1.807) is 0 Å². The maximum absolute atomic E-state index is 4.27. The second-order valence-electron chi connectivity index (χ2n) is 4.18.